The van der Waals surface area contributed by atoms with E-state index in [4.69, 9.17) is 11.6 Å². The molecule has 1 amide bonds. The van der Waals surface area contributed by atoms with Crippen molar-refractivity contribution in [3.8, 4) is 22.8 Å². The number of hydrogen-bond donors (Lipinski definition) is 2. The molecule has 0 saturated heterocycles. The summed E-state index contributed by atoms with van der Waals surface area (Å²) in [6, 6.07) is 17.8. The van der Waals surface area contributed by atoms with Gasteiger partial charge in [-0.2, -0.15) is 5.10 Å². The first-order chi connectivity index (χ1) is 16.0. The molecule has 0 radical (unpaired) electrons. The number of phenolic OH excluding ortho intramolecular Hbond substituents is 1. The van der Waals surface area contributed by atoms with Gasteiger partial charge in [-0.05, 0) is 55.5 Å². The summed E-state index contributed by atoms with van der Waals surface area (Å²) >= 11 is 7.28. The lowest BCUT2D eigenvalue weighted by Crippen LogP contribution is -2.21. The minimum Gasteiger partial charge on any atom is -0.507 e. The molecular formula is C23H19ClN6O2S. The van der Waals surface area contributed by atoms with Gasteiger partial charge in [0.25, 0.3) is 5.91 Å². The molecule has 4 rings (SSSR count). The van der Waals surface area contributed by atoms with E-state index in [1.807, 2.05) is 28.8 Å². The van der Waals surface area contributed by atoms with Gasteiger partial charge in [0.2, 0.25) is 0 Å². The third kappa shape index (κ3) is 5.39. The van der Waals surface area contributed by atoms with Crippen molar-refractivity contribution in [2.45, 2.75) is 12.1 Å². The second-order valence-corrected chi connectivity index (χ2v) is 8.27. The molecular weight excluding hydrogens is 460 g/mol. The van der Waals surface area contributed by atoms with Crippen molar-refractivity contribution in [2.75, 3.05) is 5.75 Å². The maximum atomic E-state index is 12.4. The van der Waals surface area contributed by atoms with E-state index in [9.17, 15) is 9.90 Å². The molecule has 0 saturated carbocycles. The number of thioether (sulfide) groups is 1. The summed E-state index contributed by atoms with van der Waals surface area (Å²) in [6.07, 6.45) is 3.36. The monoisotopic (exact) mass is 478 g/mol. The van der Waals surface area contributed by atoms with Crippen LogP contribution in [0.1, 0.15) is 12.5 Å². The Kier molecular flexibility index (Phi) is 7.01. The maximum absolute atomic E-state index is 12.4. The number of halogens is 1. The number of rotatable bonds is 7. The van der Waals surface area contributed by atoms with E-state index < -0.39 is 0 Å². The van der Waals surface area contributed by atoms with Gasteiger partial charge in [0.05, 0.1) is 11.5 Å². The van der Waals surface area contributed by atoms with Gasteiger partial charge in [-0.1, -0.05) is 35.5 Å². The van der Waals surface area contributed by atoms with E-state index in [2.05, 4.69) is 25.7 Å². The number of phenols is 1. The van der Waals surface area contributed by atoms with Crippen molar-refractivity contribution >= 4 is 35.0 Å². The van der Waals surface area contributed by atoms with E-state index >= 15 is 0 Å². The largest absolute Gasteiger partial charge is 0.507 e. The number of pyridine rings is 1. The Hall–Kier alpha value is -3.69. The number of para-hydroxylation sites is 1. The van der Waals surface area contributed by atoms with Crippen LogP contribution in [0.4, 0.5) is 0 Å². The standard InChI is InChI=1S/C23H19ClN6O2S/c1-15(19-4-2-3-5-20(19)31)26-27-21(32)14-33-23-29-28-22(16-10-12-25-13-11-16)30(23)18-8-6-17(24)7-9-18/h2-13,31H,14H2,1H3,(H,27,32)/b26-15+. The molecule has 166 valence electrons. The van der Waals surface area contributed by atoms with Crippen LogP contribution in [0, 0.1) is 0 Å². The molecule has 2 N–H and O–H groups in total. The number of hydrogen-bond acceptors (Lipinski definition) is 7. The van der Waals surface area contributed by atoms with Gasteiger partial charge in [0.15, 0.2) is 11.0 Å². The molecule has 33 heavy (non-hydrogen) atoms. The van der Waals surface area contributed by atoms with E-state index in [0.717, 1.165) is 11.3 Å². The summed E-state index contributed by atoms with van der Waals surface area (Å²) in [5, 5.41) is 23.8. The molecule has 2 aromatic heterocycles. The summed E-state index contributed by atoms with van der Waals surface area (Å²) in [5.41, 5.74) is 5.22. The third-order valence-corrected chi connectivity index (χ3v) is 5.81. The van der Waals surface area contributed by atoms with Gasteiger partial charge in [-0.3, -0.25) is 14.3 Å². The van der Waals surface area contributed by atoms with Crippen molar-refractivity contribution in [3.63, 3.8) is 0 Å². The Morgan fingerprint density at radius 3 is 2.55 bits per heavy atom. The van der Waals surface area contributed by atoms with Crippen LogP contribution >= 0.6 is 23.4 Å². The quantitative estimate of drug-likeness (QED) is 0.233. The lowest BCUT2D eigenvalue weighted by molar-refractivity contribution is -0.118. The van der Waals surface area contributed by atoms with E-state index in [-0.39, 0.29) is 17.4 Å². The fourth-order valence-electron chi connectivity index (χ4n) is 3.02. The van der Waals surface area contributed by atoms with Gasteiger partial charge in [0, 0.05) is 34.2 Å². The van der Waals surface area contributed by atoms with Crippen molar-refractivity contribution in [1.29, 1.82) is 0 Å². The summed E-state index contributed by atoms with van der Waals surface area (Å²) in [6.45, 7) is 1.71. The van der Waals surface area contributed by atoms with Crippen molar-refractivity contribution in [2.24, 2.45) is 5.10 Å². The van der Waals surface area contributed by atoms with Gasteiger partial charge < -0.3 is 5.11 Å². The molecule has 0 unspecified atom stereocenters. The highest BCUT2D eigenvalue weighted by molar-refractivity contribution is 7.99. The predicted octanol–water partition coefficient (Wildman–Crippen LogP) is 4.32. The van der Waals surface area contributed by atoms with E-state index in [0.29, 0.717) is 27.3 Å². The van der Waals surface area contributed by atoms with Crippen LogP contribution in [-0.2, 0) is 4.79 Å². The van der Waals surface area contributed by atoms with E-state index in [1.54, 1.807) is 55.7 Å². The van der Waals surface area contributed by atoms with Crippen LogP contribution in [0.15, 0.2) is 83.3 Å². The number of carbonyl (C=O) groups is 1. The number of nitrogens with one attached hydrogen (secondary N) is 1. The second kappa shape index (κ2) is 10.3. The lowest BCUT2D eigenvalue weighted by Gasteiger charge is -2.10. The third-order valence-electron chi connectivity index (χ3n) is 4.63. The Labute approximate surface area is 199 Å². The zero-order valence-electron chi connectivity index (χ0n) is 17.5. The molecule has 4 aromatic rings. The van der Waals surface area contributed by atoms with Crippen molar-refractivity contribution in [1.82, 2.24) is 25.2 Å². The first-order valence-electron chi connectivity index (χ1n) is 9.89. The predicted molar refractivity (Wildman–Crippen MR) is 129 cm³/mol. The molecule has 0 aliphatic heterocycles. The first kappa shape index (κ1) is 22.5. The molecule has 0 aliphatic carbocycles. The summed E-state index contributed by atoms with van der Waals surface area (Å²) in [4.78, 5) is 16.5. The lowest BCUT2D eigenvalue weighted by atomic mass is 10.1. The van der Waals surface area contributed by atoms with Gasteiger partial charge >= 0.3 is 0 Å². The van der Waals surface area contributed by atoms with Crippen LogP contribution in [0.2, 0.25) is 5.02 Å². The maximum Gasteiger partial charge on any atom is 0.250 e. The number of benzene rings is 2. The number of hydrazone groups is 1. The Bertz CT molecular complexity index is 1290. The van der Waals surface area contributed by atoms with Gasteiger partial charge in [0.1, 0.15) is 5.75 Å². The Morgan fingerprint density at radius 1 is 1.09 bits per heavy atom. The SMILES string of the molecule is C/C(=N\NC(=O)CSc1nnc(-c2ccncc2)n1-c1ccc(Cl)cc1)c1ccccc1O. The van der Waals surface area contributed by atoms with Crippen LogP contribution in [0.5, 0.6) is 5.75 Å². The number of aromatic hydroxyl groups is 1. The van der Waals surface area contributed by atoms with Crippen LogP contribution in [-0.4, -0.2) is 42.2 Å². The van der Waals surface area contributed by atoms with E-state index in [1.165, 1.54) is 11.8 Å². The summed E-state index contributed by atoms with van der Waals surface area (Å²) in [5.74, 6) is 0.476. The average molecular weight is 479 g/mol. The number of nitrogens with zero attached hydrogens (tertiary/aromatic N) is 5. The highest BCUT2D eigenvalue weighted by atomic mass is 35.5. The fourth-order valence-corrected chi connectivity index (χ4v) is 3.89. The zero-order chi connectivity index (χ0) is 23.2. The molecule has 0 aliphatic rings. The molecule has 2 heterocycles. The smallest absolute Gasteiger partial charge is 0.250 e. The van der Waals surface area contributed by atoms with Gasteiger partial charge in [-0.25, -0.2) is 5.43 Å². The van der Waals surface area contributed by atoms with Crippen LogP contribution in [0.25, 0.3) is 17.1 Å². The Morgan fingerprint density at radius 2 is 1.82 bits per heavy atom. The van der Waals surface area contributed by atoms with Crippen LogP contribution in [0.3, 0.4) is 0 Å². The summed E-state index contributed by atoms with van der Waals surface area (Å²) < 4.78 is 1.86. The highest BCUT2D eigenvalue weighted by Gasteiger charge is 2.17. The molecule has 10 heteroatoms. The molecule has 0 spiro atoms. The van der Waals surface area contributed by atoms with Crippen molar-refractivity contribution < 1.29 is 9.90 Å². The van der Waals surface area contributed by atoms with Gasteiger partial charge in [-0.15, -0.1) is 10.2 Å². The Balaban J connectivity index is 1.53. The normalized spacial score (nSPS) is 11.4. The minimum atomic E-state index is -0.314. The fraction of sp³-hybridized carbons (Fsp3) is 0.0870. The molecule has 8 nitrogen and oxygen atoms in total. The van der Waals surface area contributed by atoms with Crippen molar-refractivity contribution in [3.05, 3.63) is 83.6 Å². The summed E-state index contributed by atoms with van der Waals surface area (Å²) in [7, 11) is 0. The number of carbonyl (C=O) groups excluding carboxylic acids is 1. The second-order valence-electron chi connectivity index (χ2n) is 6.89. The molecule has 0 bridgehead atoms. The van der Waals surface area contributed by atoms with Crippen LogP contribution < -0.4 is 5.43 Å². The topological polar surface area (TPSA) is 105 Å². The first-order valence-corrected chi connectivity index (χ1v) is 11.3. The average Bonchev–Trinajstić information content (AvgIpc) is 3.26. The number of aromatic nitrogens is 4. The minimum absolute atomic E-state index is 0.0691. The zero-order valence-corrected chi connectivity index (χ0v) is 19.1. The molecule has 0 atom stereocenters. The highest BCUT2D eigenvalue weighted by Crippen LogP contribution is 2.28. The number of amides is 1. The molecule has 0 fully saturated rings. The molecule has 2 aromatic carbocycles.